The molecule has 1 aromatic heterocycles. The van der Waals surface area contributed by atoms with Crippen molar-refractivity contribution in [1.29, 1.82) is 0 Å². The van der Waals surface area contributed by atoms with Gasteiger partial charge in [-0.3, -0.25) is 9.59 Å². The van der Waals surface area contributed by atoms with Crippen molar-refractivity contribution in [3.8, 4) is 0 Å². The number of anilines is 1. The van der Waals surface area contributed by atoms with E-state index in [1.807, 2.05) is 0 Å². The predicted octanol–water partition coefficient (Wildman–Crippen LogP) is 3.50. The standard InChI is InChI=1S/C21H25NO5/c1-13(2)8-9-17-10-14(3)19(21(25)27-17)20(24)22-16-7-5-6-15(11-16)12-18(23)26-4/h5-7,10-11,13H,8-9,12H2,1-4H3,(H,22,24). The first kappa shape index (κ1) is 20.4. The summed E-state index contributed by atoms with van der Waals surface area (Å²) >= 11 is 0. The maximum Gasteiger partial charge on any atom is 0.349 e. The molecule has 1 N–H and O–H groups in total. The topological polar surface area (TPSA) is 85.6 Å². The van der Waals surface area contributed by atoms with E-state index in [-0.39, 0.29) is 18.0 Å². The zero-order valence-electron chi connectivity index (χ0n) is 16.1. The molecule has 0 spiro atoms. The highest BCUT2D eigenvalue weighted by Crippen LogP contribution is 2.15. The van der Waals surface area contributed by atoms with Crippen molar-refractivity contribution >= 4 is 17.6 Å². The van der Waals surface area contributed by atoms with Gasteiger partial charge < -0.3 is 14.5 Å². The molecule has 0 aliphatic heterocycles. The molecule has 144 valence electrons. The van der Waals surface area contributed by atoms with Crippen molar-refractivity contribution < 1.29 is 18.7 Å². The summed E-state index contributed by atoms with van der Waals surface area (Å²) in [7, 11) is 1.32. The summed E-state index contributed by atoms with van der Waals surface area (Å²) in [6.45, 7) is 5.92. The van der Waals surface area contributed by atoms with Gasteiger partial charge in [-0.05, 0) is 48.6 Å². The van der Waals surface area contributed by atoms with Crippen LogP contribution < -0.4 is 10.9 Å². The second-order valence-electron chi connectivity index (χ2n) is 6.90. The number of benzene rings is 1. The number of ether oxygens (including phenoxy) is 1. The Labute approximate surface area is 158 Å². The van der Waals surface area contributed by atoms with Crippen molar-refractivity contribution in [3.63, 3.8) is 0 Å². The molecule has 1 heterocycles. The molecular weight excluding hydrogens is 346 g/mol. The van der Waals surface area contributed by atoms with Crippen molar-refractivity contribution in [1.82, 2.24) is 0 Å². The van der Waals surface area contributed by atoms with E-state index in [1.54, 1.807) is 37.3 Å². The largest absolute Gasteiger partial charge is 0.469 e. The van der Waals surface area contributed by atoms with E-state index in [4.69, 9.17) is 4.42 Å². The van der Waals surface area contributed by atoms with E-state index in [1.165, 1.54) is 7.11 Å². The SMILES string of the molecule is COC(=O)Cc1cccc(NC(=O)c2c(C)cc(CCC(C)C)oc2=O)c1. The summed E-state index contributed by atoms with van der Waals surface area (Å²) in [6.07, 6.45) is 1.66. The van der Waals surface area contributed by atoms with E-state index < -0.39 is 11.5 Å². The number of esters is 1. The molecule has 0 saturated heterocycles. The number of hydrogen-bond acceptors (Lipinski definition) is 5. The first-order valence-electron chi connectivity index (χ1n) is 8.91. The van der Waals surface area contributed by atoms with Crippen LogP contribution in [-0.4, -0.2) is 19.0 Å². The molecule has 0 fully saturated rings. The number of rotatable bonds is 7. The lowest BCUT2D eigenvalue weighted by atomic mass is 10.0. The second-order valence-corrected chi connectivity index (χ2v) is 6.90. The summed E-state index contributed by atoms with van der Waals surface area (Å²) in [5.74, 6) is 0.178. The lowest BCUT2D eigenvalue weighted by Crippen LogP contribution is -2.23. The number of nitrogens with one attached hydrogen (secondary N) is 1. The molecule has 2 rings (SSSR count). The van der Waals surface area contributed by atoms with Gasteiger partial charge in [-0.25, -0.2) is 4.79 Å². The Kier molecular flexibility index (Phi) is 6.93. The molecular formula is C21H25NO5. The van der Waals surface area contributed by atoms with E-state index in [0.29, 0.717) is 34.9 Å². The smallest absolute Gasteiger partial charge is 0.349 e. The minimum Gasteiger partial charge on any atom is -0.469 e. The molecule has 0 bridgehead atoms. The molecule has 6 nitrogen and oxygen atoms in total. The van der Waals surface area contributed by atoms with Crippen LogP contribution in [0.2, 0.25) is 0 Å². The predicted molar refractivity (Wildman–Crippen MR) is 103 cm³/mol. The Bertz CT molecular complexity index is 882. The first-order chi connectivity index (χ1) is 12.8. The highest BCUT2D eigenvalue weighted by atomic mass is 16.5. The zero-order valence-corrected chi connectivity index (χ0v) is 16.1. The van der Waals surface area contributed by atoms with Crippen LogP contribution in [0, 0.1) is 12.8 Å². The number of carbonyl (C=O) groups excluding carboxylic acids is 2. The van der Waals surface area contributed by atoms with Crippen molar-refractivity contribution in [2.75, 3.05) is 12.4 Å². The van der Waals surface area contributed by atoms with Gasteiger partial charge in [-0.1, -0.05) is 26.0 Å². The van der Waals surface area contributed by atoms with Crippen LogP contribution in [0.25, 0.3) is 0 Å². The van der Waals surface area contributed by atoms with Gasteiger partial charge in [0, 0.05) is 12.1 Å². The average molecular weight is 371 g/mol. The van der Waals surface area contributed by atoms with Crippen molar-refractivity contribution in [2.45, 2.75) is 40.0 Å². The van der Waals surface area contributed by atoms with Crippen molar-refractivity contribution in [2.24, 2.45) is 5.92 Å². The van der Waals surface area contributed by atoms with Gasteiger partial charge >= 0.3 is 11.6 Å². The third-order valence-corrected chi connectivity index (χ3v) is 4.16. The van der Waals surface area contributed by atoms with Crippen LogP contribution in [0.5, 0.6) is 0 Å². The molecule has 1 aromatic carbocycles. The maximum atomic E-state index is 12.6. The first-order valence-corrected chi connectivity index (χ1v) is 8.91. The number of hydrogen-bond donors (Lipinski definition) is 1. The molecule has 27 heavy (non-hydrogen) atoms. The van der Waals surface area contributed by atoms with E-state index in [2.05, 4.69) is 23.9 Å². The number of aryl methyl sites for hydroxylation is 2. The minimum atomic E-state index is -0.642. The molecule has 1 amide bonds. The third-order valence-electron chi connectivity index (χ3n) is 4.16. The fourth-order valence-electron chi connectivity index (χ4n) is 2.69. The Hall–Kier alpha value is -2.89. The Morgan fingerprint density at radius 2 is 1.96 bits per heavy atom. The van der Waals surface area contributed by atoms with Crippen LogP contribution in [0.4, 0.5) is 5.69 Å². The summed E-state index contributed by atoms with van der Waals surface area (Å²) in [4.78, 5) is 36.2. The fraction of sp³-hybridized carbons (Fsp3) is 0.381. The maximum absolute atomic E-state index is 12.6. The molecule has 0 radical (unpaired) electrons. The normalized spacial score (nSPS) is 10.7. The van der Waals surface area contributed by atoms with Gasteiger partial charge in [0.15, 0.2) is 0 Å². The molecule has 0 atom stereocenters. The van der Waals surface area contributed by atoms with Gasteiger partial charge in [-0.2, -0.15) is 0 Å². The zero-order chi connectivity index (χ0) is 20.0. The quantitative estimate of drug-likeness (QED) is 0.753. The average Bonchev–Trinajstić information content (AvgIpc) is 2.59. The van der Waals surface area contributed by atoms with Gasteiger partial charge in [0.25, 0.3) is 5.91 Å². The fourth-order valence-corrected chi connectivity index (χ4v) is 2.69. The molecule has 6 heteroatoms. The van der Waals surface area contributed by atoms with Crippen LogP contribution in [0.3, 0.4) is 0 Å². The Balaban J connectivity index is 2.17. The van der Waals surface area contributed by atoms with Gasteiger partial charge in [0.05, 0.1) is 13.5 Å². The minimum absolute atomic E-state index is 0.0123. The molecule has 2 aromatic rings. The van der Waals surface area contributed by atoms with Crippen LogP contribution >= 0.6 is 0 Å². The summed E-state index contributed by atoms with van der Waals surface area (Å²) in [5, 5.41) is 2.69. The monoisotopic (exact) mass is 371 g/mol. The summed E-state index contributed by atoms with van der Waals surface area (Å²) in [5.41, 5.74) is 1.11. The summed E-state index contributed by atoms with van der Waals surface area (Å²) < 4.78 is 9.95. The highest BCUT2D eigenvalue weighted by molar-refractivity contribution is 6.04. The molecule has 0 saturated carbocycles. The van der Waals surface area contributed by atoms with Gasteiger partial charge in [-0.15, -0.1) is 0 Å². The molecule has 0 aliphatic rings. The highest BCUT2D eigenvalue weighted by Gasteiger charge is 2.17. The van der Waals surface area contributed by atoms with Crippen LogP contribution in [-0.2, 0) is 22.4 Å². The Morgan fingerprint density at radius 1 is 1.22 bits per heavy atom. The molecule has 0 aliphatic carbocycles. The van der Waals surface area contributed by atoms with Crippen molar-refractivity contribution in [3.05, 3.63) is 63.2 Å². The Morgan fingerprint density at radius 3 is 2.59 bits per heavy atom. The van der Waals surface area contributed by atoms with E-state index in [9.17, 15) is 14.4 Å². The van der Waals surface area contributed by atoms with Crippen LogP contribution in [0.15, 0.2) is 39.5 Å². The summed E-state index contributed by atoms with van der Waals surface area (Å²) in [6, 6.07) is 8.58. The van der Waals surface area contributed by atoms with E-state index >= 15 is 0 Å². The molecule has 0 unspecified atom stereocenters. The third kappa shape index (κ3) is 5.81. The van der Waals surface area contributed by atoms with E-state index in [0.717, 1.165) is 6.42 Å². The second kappa shape index (κ2) is 9.16. The lowest BCUT2D eigenvalue weighted by Gasteiger charge is -2.10. The number of carbonyl (C=O) groups is 2. The van der Waals surface area contributed by atoms with Gasteiger partial charge in [0.1, 0.15) is 11.3 Å². The number of methoxy groups -OCH3 is 1. The number of amides is 1. The van der Waals surface area contributed by atoms with Crippen LogP contribution in [0.1, 0.15) is 47.5 Å². The van der Waals surface area contributed by atoms with Gasteiger partial charge in [0.2, 0.25) is 0 Å². The lowest BCUT2D eigenvalue weighted by molar-refractivity contribution is -0.139.